The summed E-state index contributed by atoms with van der Waals surface area (Å²) in [5, 5.41) is 32.5. The van der Waals surface area contributed by atoms with Crippen LogP contribution in [0.1, 0.15) is 64.8 Å². The third-order valence-electron chi connectivity index (χ3n) is 11.6. The number of likely N-dealkylation sites (N-methyl/N-ethyl adjacent to an activating group) is 3. The van der Waals surface area contributed by atoms with E-state index in [1.807, 2.05) is 96.6 Å². The van der Waals surface area contributed by atoms with Crippen LogP contribution in [-0.2, 0) is 32.0 Å². The topological polar surface area (TPSA) is 211 Å². The zero-order valence-electron chi connectivity index (χ0n) is 42.9. The lowest BCUT2D eigenvalue weighted by Gasteiger charge is -2.25. The quantitative estimate of drug-likeness (QED) is 0.0786. The third kappa shape index (κ3) is 15.9. The van der Waals surface area contributed by atoms with Crippen LogP contribution < -0.4 is 0 Å². The van der Waals surface area contributed by atoms with Crippen LogP contribution in [0.25, 0.3) is 33.8 Å². The van der Waals surface area contributed by atoms with Crippen LogP contribution >= 0.6 is 12.4 Å². The average molecular weight is 1010 g/mol. The van der Waals surface area contributed by atoms with Gasteiger partial charge in [-0.2, -0.15) is 0 Å². The van der Waals surface area contributed by atoms with Gasteiger partial charge in [-0.15, -0.1) is 12.4 Å². The normalized spacial score (nSPS) is 11.9. The van der Waals surface area contributed by atoms with E-state index in [4.69, 9.17) is 30.4 Å². The number of carbonyl (C=O) groups is 5. The summed E-state index contributed by atoms with van der Waals surface area (Å²) < 4.78 is 4.07. The maximum Gasteiger partial charge on any atom is 0.335 e. The van der Waals surface area contributed by atoms with E-state index in [2.05, 4.69) is 81.1 Å². The largest absolute Gasteiger partial charge is 0.479 e. The highest BCUT2D eigenvalue weighted by Gasteiger charge is 2.29. The summed E-state index contributed by atoms with van der Waals surface area (Å²) in [5.74, 6) is -3.19. The van der Waals surface area contributed by atoms with E-state index in [1.54, 1.807) is 38.0 Å². The molecule has 7 rings (SSSR count). The molecule has 3 unspecified atom stereocenters. The number of hydrogen-bond donors (Lipinski definition) is 4. The summed E-state index contributed by atoms with van der Waals surface area (Å²) in [5.41, 5.74) is 13.0. The second kappa shape index (κ2) is 27.4. The first-order chi connectivity index (χ1) is 33.6. The van der Waals surface area contributed by atoms with E-state index in [-0.39, 0.29) is 36.0 Å². The number of aromatic nitrogens is 4. The molecule has 0 spiro atoms. The number of rotatable bonds is 14. The number of carbonyl (C=O) groups excluding carboxylic acids is 3. The van der Waals surface area contributed by atoms with Crippen LogP contribution in [-0.4, -0.2) is 143 Å². The number of carboxylic acid groups (broad SMARTS) is 2. The molecule has 0 saturated carbocycles. The summed E-state index contributed by atoms with van der Waals surface area (Å²) in [6, 6.07) is 34.1. The molecule has 3 atom stereocenters. The van der Waals surface area contributed by atoms with Crippen LogP contribution in [0, 0.1) is 27.7 Å². The number of ketones is 1. The predicted molar refractivity (Wildman–Crippen MR) is 283 cm³/mol. The van der Waals surface area contributed by atoms with Gasteiger partial charge in [-0.05, 0) is 71.0 Å². The van der Waals surface area contributed by atoms with Crippen molar-refractivity contribution in [2.24, 2.45) is 0 Å². The summed E-state index contributed by atoms with van der Waals surface area (Å²) in [6.45, 7) is 16.2. The lowest BCUT2D eigenvalue weighted by Crippen LogP contribution is -2.39. The van der Waals surface area contributed by atoms with Crippen molar-refractivity contribution in [2.75, 3.05) is 41.3 Å². The number of Topliss-reactive ketones (excluding diaryl/α,β-unsaturated/α-hetero) is 1. The third-order valence-corrected chi connectivity index (χ3v) is 11.6. The Kier molecular flexibility index (Phi) is 22.5. The number of hydrogen-bond acceptors (Lipinski definition) is 10. The lowest BCUT2D eigenvalue weighted by molar-refractivity contribution is -0.165. The molecule has 72 heavy (non-hydrogen) atoms. The maximum atomic E-state index is 12.3. The number of aliphatic hydroxyl groups is 2. The molecule has 384 valence electrons. The number of amides is 2. The van der Waals surface area contributed by atoms with Crippen LogP contribution in [0.4, 0.5) is 0 Å². The fourth-order valence-electron chi connectivity index (χ4n) is 7.28. The van der Waals surface area contributed by atoms with Gasteiger partial charge < -0.3 is 39.0 Å². The minimum atomic E-state index is -2.27. The van der Waals surface area contributed by atoms with Crippen molar-refractivity contribution in [3.05, 3.63) is 155 Å². The summed E-state index contributed by atoms with van der Waals surface area (Å²) in [7, 11) is 7.12. The Morgan fingerprint density at radius 2 is 0.889 bits per heavy atom. The number of aryl methyl sites for hydroxylation is 4. The molecule has 7 aromatic rings. The van der Waals surface area contributed by atoms with Gasteiger partial charge in [-0.25, -0.2) is 19.6 Å². The number of benzene rings is 3. The molecule has 0 aliphatic rings. The first-order valence-corrected chi connectivity index (χ1v) is 23.2. The monoisotopic (exact) mass is 1010 g/mol. The lowest BCUT2D eigenvalue weighted by atomic mass is 10.0. The van der Waals surface area contributed by atoms with Gasteiger partial charge in [0.15, 0.2) is 18.0 Å². The molecule has 0 aliphatic carbocycles. The first-order valence-electron chi connectivity index (χ1n) is 23.2. The minimum Gasteiger partial charge on any atom is -0.479 e. The Balaban J connectivity index is 0.000000264. The van der Waals surface area contributed by atoms with Crippen LogP contribution in [0.15, 0.2) is 116 Å². The smallest absolute Gasteiger partial charge is 0.335 e. The zero-order chi connectivity index (χ0) is 52.7. The summed E-state index contributed by atoms with van der Waals surface area (Å²) in [4.78, 5) is 71.0. The van der Waals surface area contributed by atoms with Crippen molar-refractivity contribution >= 4 is 53.2 Å². The van der Waals surface area contributed by atoms with Crippen molar-refractivity contribution in [2.45, 2.75) is 79.6 Å². The second-order valence-electron chi connectivity index (χ2n) is 17.5. The molecule has 4 heterocycles. The predicted octanol–water partition coefficient (Wildman–Crippen LogP) is 7.40. The van der Waals surface area contributed by atoms with Crippen molar-refractivity contribution < 1.29 is 44.4 Å². The molecular weight excluding hydrogens is 938 g/mol. The molecule has 2 amide bonds. The maximum absolute atomic E-state index is 12.3. The highest BCUT2D eigenvalue weighted by Crippen LogP contribution is 2.28. The minimum absolute atomic E-state index is 0. The van der Waals surface area contributed by atoms with Gasteiger partial charge in [0.2, 0.25) is 11.8 Å². The zero-order valence-corrected chi connectivity index (χ0v) is 43.7. The van der Waals surface area contributed by atoms with E-state index in [0.29, 0.717) is 12.8 Å². The van der Waals surface area contributed by atoms with Gasteiger partial charge in [0.25, 0.3) is 0 Å². The number of fused-ring (bicyclic) bond motifs is 2. The summed E-state index contributed by atoms with van der Waals surface area (Å²) >= 11 is 0. The highest BCUT2D eigenvalue weighted by molar-refractivity contribution is 5.99. The number of aliphatic carboxylic acids is 2. The standard InChI is InChI=1S/2C19H21N3O.C13H19NO.C4H6O6.ClH/c2*1-13-5-8-15(9-6-13)19-16(11-18(23)21(3)4)22-12-14(2)7-10-17(22)20-19;1-4-14(5-2)11(3)13(15)12-9-7-6-8-10-12;5-1(3(7)8)2(6)4(9)10;/h2*5-10,12H,11H2,1-4H3;6-11H,4-5H2,1-3H3;1-2,5-6H,(H,7,8)(H,9,10);1H. The van der Waals surface area contributed by atoms with Crippen molar-refractivity contribution in [3.8, 4) is 22.5 Å². The molecule has 4 N–H and O–H groups in total. The number of aliphatic hydroxyl groups excluding tert-OH is 2. The van der Waals surface area contributed by atoms with Gasteiger partial charge in [0.1, 0.15) is 11.3 Å². The van der Waals surface area contributed by atoms with Crippen molar-refractivity contribution in [3.63, 3.8) is 0 Å². The van der Waals surface area contributed by atoms with E-state index >= 15 is 0 Å². The number of halogens is 1. The Labute approximate surface area is 427 Å². The Hall–Kier alpha value is -7.24. The van der Waals surface area contributed by atoms with Gasteiger partial charge >= 0.3 is 11.9 Å². The van der Waals surface area contributed by atoms with E-state index < -0.39 is 24.1 Å². The molecule has 0 fully saturated rings. The van der Waals surface area contributed by atoms with Crippen molar-refractivity contribution in [1.29, 1.82) is 0 Å². The number of imidazole rings is 2. The van der Waals surface area contributed by atoms with Crippen LogP contribution in [0.3, 0.4) is 0 Å². The van der Waals surface area contributed by atoms with Gasteiger partial charge in [-0.3, -0.25) is 19.3 Å². The van der Waals surface area contributed by atoms with E-state index in [0.717, 1.165) is 75.0 Å². The Morgan fingerprint density at radius 1 is 0.542 bits per heavy atom. The molecule has 0 radical (unpaired) electrons. The average Bonchev–Trinajstić information content (AvgIpc) is 3.88. The van der Waals surface area contributed by atoms with Gasteiger partial charge in [-0.1, -0.05) is 116 Å². The first kappa shape index (κ1) is 59.1. The van der Waals surface area contributed by atoms with Gasteiger partial charge in [0.05, 0.1) is 41.7 Å². The molecule has 0 bridgehead atoms. The SMILES string of the molecule is CCN(CC)C(C)C(=O)c1ccccc1.Cc1ccc(-c2nc3ccc(C)cn3c2CC(=O)N(C)C)cc1.Cc1ccc(-c2nc3ccc(C)cn3c2CC(=O)N(C)C)cc1.Cl.O=C(O)C(O)C(O)C(=O)O. The fraction of sp³-hybridized carbons (Fsp3) is 0.327. The number of nitrogens with zero attached hydrogens (tertiary/aromatic N) is 7. The summed E-state index contributed by atoms with van der Waals surface area (Å²) in [6.07, 6.45) is 0.216. The highest BCUT2D eigenvalue weighted by atomic mass is 35.5. The molecular formula is C55H68ClN7O9. The molecule has 16 nitrogen and oxygen atoms in total. The Bertz CT molecular complexity index is 2750. The van der Waals surface area contributed by atoms with E-state index in [1.165, 1.54) is 11.1 Å². The number of carboxylic acids is 2. The fourth-order valence-corrected chi connectivity index (χ4v) is 7.28. The van der Waals surface area contributed by atoms with Crippen molar-refractivity contribution in [1.82, 2.24) is 33.5 Å². The molecule has 0 aliphatic heterocycles. The molecule has 0 saturated heterocycles. The molecule has 17 heteroatoms. The Morgan fingerprint density at radius 3 is 1.21 bits per heavy atom. The molecule has 4 aromatic heterocycles. The van der Waals surface area contributed by atoms with Crippen LogP contribution in [0.5, 0.6) is 0 Å². The van der Waals surface area contributed by atoms with Gasteiger partial charge in [0, 0.05) is 57.3 Å². The van der Waals surface area contributed by atoms with E-state index in [9.17, 15) is 24.0 Å². The number of pyridine rings is 2. The molecule has 3 aromatic carbocycles. The van der Waals surface area contributed by atoms with Crippen LogP contribution in [0.2, 0.25) is 0 Å². The second-order valence-corrected chi connectivity index (χ2v) is 17.5.